The second-order valence-electron chi connectivity index (χ2n) is 9.52. The van der Waals surface area contributed by atoms with Crippen LogP contribution >= 0.6 is 0 Å². The van der Waals surface area contributed by atoms with E-state index < -0.39 is 36.6 Å². The van der Waals surface area contributed by atoms with Crippen LogP contribution in [0.3, 0.4) is 0 Å². The molecule has 1 aliphatic carbocycles. The second-order valence-corrected chi connectivity index (χ2v) is 9.52. The molecule has 4 rings (SSSR count). The van der Waals surface area contributed by atoms with E-state index in [1.54, 1.807) is 25.1 Å². The molecule has 0 bridgehead atoms. The number of rotatable bonds is 7. The first kappa shape index (κ1) is 24.6. The summed E-state index contributed by atoms with van der Waals surface area (Å²) in [6.07, 6.45) is 3.22. The summed E-state index contributed by atoms with van der Waals surface area (Å²) in [5.41, 5.74) is 1.90. The standard InChI is InChI=1S/C26H30FN3O5/c1-16-6-4-5-11-26(16)24(33)30(25(34)28-26)14-23(32)35-15-22(31)21-12-17(2)29(18(21)3)13-19-7-9-20(27)10-8-19/h7-10,12,16H,4-6,11,13-15H2,1-3H3,(H,28,34)/t16-,26+/m0/s1. The zero-order valence-electron chi connectivity index (χ0n) is 20.2. The average molecular weight is 484 g/mol. The number of imide groups is 1. The van der Waals surface area contributed by atoms with Crippen LogP contribution in [0.4, 0.5) is 9.18 Å². The molecule has 2 atom stereocenters. The van der Waals surface area contributed by atoms with Crippen molar-refractivity contribution in [2.24, 2.45) is 5.92 Å². The highest BCUT2D eigenvalue weighted by Crippen LogP contribution is 2.38. The number of Topliss-reactive ketones (excluding diaryl/α,β-unsaturated/α-hetero) is 1. The van der Waals surface area contributed by atoms with Gasteiger partial charge in [-0.25, -0.2) is 9.18 Å². The maximum Gasteiger partial charge on any atom is 0.326 e. The van der Waals surface area contributed by atoms with Crippen molar-refractivity contribution in [1.29, 1.82) is 0 Å². The van der Waals surface area contributed by atoms with Gasteiger partial charge in [0, 0.05) is 23.5 Å². The fourth-order valence-corrected chi connectivity index (χ4v) is 5.14. The number of amides is 3. The van der Waals surface area contributed by atoms with E-state index in [1.807, 2.05) is 18.4 Å². The number of aryl methyl sites for hydroxylation is 1. The highest BCUT2D eigenvalue weighted by Gasteiger charge is 2.55. The minimum Gasteiger partial charge on any atom is -0.456 e. The smallest absolute Gasteiger partial charge is 0.326 e. The predicted octanol–water partition coefficient (Wildman–Crippen LogP) is 3.52. The molecular weight excluding hydrogens is 453 g/mol. The lowest BCUT2D eigenvalue weighted by Gasteiger charge is -2.36. The second kappa shape index (κ2) is 9.64. The number of urea groups is 1. The van der Waals surface area contributed by atoms with E-state index in [0.29, 0.717) is 24.2 Å². The first-order valence-electron chi connectivity index (χ1n) is 11.9. The first-order chi connectivity index (χ1) is 16.6. The normalized spacial score (nSPS) is 21.9. The Morgan fingerprint density at radius 3 is 2.57 bits per heavy atom. The van der Waals surface area contributed by atoms with Gasteiger partial charge in [0.15, 0.2) is 6.61 Å². The van der Waals surface area contributed by atoms with Gasteiger partial charge in [0.1, 0.15) is 17.9 Å². The van der Waals surface area contributed by atoms with Gasteiger partial charge in [-0.2, -0.15) is 0 Å². The third-order valence-electron chi connectivity index (χ3n) is 7.28. The third kappa shape index (κ3) is 4.72. The summed E-state index contributed by atoms with van der Waals surface area (Å²) in [4.78, 5) is 51.5. The van der Waals surface area contributed by atoms with E-state index in [0.717, 1.165) is 35.4 Å². The lowest BCUT2D eigenvalue weighted by molar-refractivity contribution is -0.147. The molecule has 1 aromatic carbocycles. The number of carbonyl (C=O) groups is 4. The topological polar surface area (TPSA) is 97.7 Å². The molecule has 2 heterocycles. The summed E-state index contributed by atoms with van der Waals surface area (Å²) in [5, 5.41) is 2.79. The molecule has 1 spiro atoms. The number of ether oxygens (including phenoxy) is 1. The lowest BCUT2D eigenvalue weighted by Crippen LogP contribution is -2.54. The molecule has 0 unspecified atom stereocenters. The van der Waals surface area contributed by atoms with Gasteiger partial charge in [-0.15, -0.1) is 0 Å². The van der Waals surface area contributed by atoms with Gasteiger partial charge >= 0.3 is 12.0 Å². The van der Waals surface area contributed by atoms with Crippen molar-refractivity contribution in [3.05, 3.63) is 58.7 Å². The van der Waals surface area contributed by atoms with E-state index in [-0.39, 0.29) is 17.5 Å². The molecule has 1 N–H and O–H groups in total. The van der Waals surface area contributed by atoms with Crippen LogP contribution in [0, 0.1) is 25.6 Å². The SMILES string of the molecule is Cc1cc(C(=O)COC(=O)CN2C(=O)N[C@@]3(CCCC[C@@H]3C)C2=O)c(C)n1Cc1ccc(F)cc1. The Morgan fingerprint density at radius 1 is 1.17 bits per heavy atom. The number of halogens is 1. The summed E-state index contributed by atoms with van der Waals surface area (Å²) in [6.45, 7) is 5.03. The number of hydrogen-bond donors (Lipinski definition) is 1. The highest BCUT2D eigenvalue weighted by atomic mass is 19.1. The Balaban J connectivity index is 1.36. The monoisotopic (exact) mass is 483 g/mol. The van der Waals surface area contributed by atoms with Crippen LogP contribution in [0.25, 0.3) is 0 Å². The van der Waals surface area contributed by atoms with E-state index >= 15 is 0 Å². The largest absolute Gasteiger partial charge is 0.456 e. The van der Waals surface area contributed by atoms with Crippen molar-refractivity contribution in [3.8, 4) is 0 Å². The van der Waals surface area contributed by atoms with Gasteiger partial charge in [-0.3, -0.25) is 19.3 Å². The molecule has 8 nitrogen and oxygen atoms in total. The van der Waals surface area contributed by atoms with E-state index in [4.69, 9.17) is 4.74 Å². The molecule has 2 aliphatic rings. The predicted molar refractivity (Wildman–Crippen MR) is 125 cm³/mol. The maximum absolute atomic E-state index is 13.2. The van der Waals surface area contributed by atoms with Crippen LogP contribution in [-0.4, -0.2) is 51.8 Å². The summed E-state index contributed by atoms with van der Waals surface area (Å²) in [5.74, 6) is -1.93. The number of benzene rings is 1. The van der Waals surface area contributed by atoms with Crippen LogP contribution in [0.2, 0.25) is 0 Å². The summed E-state index contributed by atoms with van der Waals surface area (Å²) < 4.78 is 20.3. The molecule has 1 saturated heterocycles. The van der Waals surface area contributed by atoms with Crippen molar-refractivity contribution in [1.82, 2.24) is 14.8 Å². The van der Waals surface area contributed by atoms with Crippen molar-refractivity contribution in [3.63, 3.8) is 0 Å². The molecule has 1 aromatic heterocycles. The zero-order valence-corrected chi connectivity index (χ0v) is 20.2. The van der Waals surface area contributed by atoms with Crippen LogP contribution in [0.1, 0.15) is 59.9 Å². The molecule has 2 fully saturated rings. The highest BCUT2D eigenvalue weighted by molar-refractivity contribution is 6.09. The van der Waals surface area contributed by atoms with E-state index in [9.17, 15) is 23.6 Å². The third-order valence-corrected chi connectivity index (χ3v) is 7.28. The molecule has 186 valence electrons. The molecule has 3 amide bonds. The van der Waals surface area contributed by atoms with Gasteiger partial charge in [-0.05, 0) is 56.4 Å². The number of aromatic nitrogens is 1. The van der Waals surface area contributed by atoms with Gasteiger partial charge in [0.2, 0.25) is 5.78 Å². The minimum absolute atomic E-state index is 0.0135. The average Bonchev–Trinajstić information content (AvgIpc) is 3.24. The Kier molecular flexibility index (Phi) is 6.78. The molecule has 35 heavy (non-hydrogen) atoms. The molecule has 0 radical (unpaired) electrons. The van der Waals surface area contributed by atoms with Crippen LogP contribution in [0.15, 0.2) is 30.3 Å². The number of ketones is 1. The summed E-state index contributed by atoms with van der Waals surface area (Å²) in [6, 6.07) is 7.27. The lowest BCUT2D eigenvalue weighted by atomic mass is 9.73. The molecular formula is C26H30FN3O5. The van der Waals surface area contributed by atoms with Crippen LogP contribution in [-0.2, 0) is 20.9 Å². The minimum atomic E-state index is -0.951. The first-order valence-corrected chi connectivity index (χ1v) is 11.9. The maximum atomic E-state index is 13.2. The van der Waals surface area contributed by atoms with Crippen molar-refractivity contribution in [2.45, 2.75) is 58.5 Å². The van der Waals surface area contributed by atoms with Crippen LogP contribution < -0.4 is 5.32 Å². The number of esters is 1. The fraction of sp³-hybridized carbons (Fsp3) is 0.462. The molecule has 9 heteroatoms. The fourth-order valence-electron chi connectivity index (χ4n) is 5.14. The zero-order chi connectivity index (χ0) is 25.3. The number of hydrogen-bond acceptors (Lipinski definition) is 5. The Bertz CT molecular complexity index is 1170. The van der Waals surface area contributed by atoms with Gasteiger partial charge < -0.3 is 14.6 Å². The van der Waals surface area contributed by atoms with E-state index in [2.05, 4.69) is 5.32 Å². The molecule has 1 saturated carbocycles. The Morgan fingerprint density at radius 2 is 1.89 bits per heavy atom. The Labute approximate surface area is 203 Å². The quantitative estimate of drug-likeness (QED) is 0.369. The van der Waals surface area contributed by atoms with Gasteiger partial charge in [0.25, 0.3) is 5.91 Å². The van der Waals surface area contributed by atoms with Crippen LogP contribution in [0.5, 0.6) is 0 Å². The van der Waals surface area contributed by atoms with E-state index in [1.165, 1.54) is 12.1 Å². The Hall–Kier alpha value is -3.49. The summed E-state index contributed by atoms with van der Waals surface area (Å²) in [7, 11) is 0. The number of nitrogens with one attached hydrogen (secondary N) is 1. The van der Waals surface area contributed by atoms with Gasteiger partial charge in [-0.1, -0.05) is 31.9 Å². The molecule has 2 aromatic rings. The summed E-state index contributed by atoms with van der Waals surface area (Å²) >= 11 is 0. The van der Waals surface area contributed by atoms with Gasteiger partial charge in [0.05, 0.1) is 0 Å². The molecule has 1 aliphatic heterocycles. The van der Waals surface area contributed by atoms with Crippen molar-refractivity contribution in [2.75, 3.05) is 13.2 Å². The van der Waals surface area contributed by atoms with Crippen molar-refractivity contribution < 1.29 is 28.3 Å². The van der Waals surface area contributed by atoms with Crippen molar-refractivity contribution >= 4 is 23.7 Å². The number of nitrogens with zero attached hydrogens (tertiary/aromatic N) is 2. The number of carbonyl (C=O) groups excluding carboxylic acids is 4.